The van der Waals surface area contributed by atoms with Gasteiger partial charge < -0.3 is 5.32 Å². The average molecular weight is 365 g/mol. The molecule has 1 atom stereocenters. The van der Waals surface area contributed by atoms with E-state index in [2.05, 4.69) is 16.1 Å². The van der Waals surface area contributed by atoms with Crippen LogP contribution in [-0.4, -0.2) is 26.9 Å². The lowest BCUT2D eigenvalue weighted by Gasteiger charge is -2.22. The number of nitrogens with one attached hydrogen (secondary N) is 2. The second-order valence-corrected chi connectivity index (χ2v) is 8.52. The number of allylic oxidation sites excluding steroid dienone is 1. The fourth-order valence-electron chi connectivity index (χ4n) is 2.92. The molecule has 0 radical (unpaired) electrons. The molecule has 0 spiro atoms. The van der Waals surface area contributed by atoms with Crippen molar-refractivity contribution in [2.45, 2.75) is 56.9 Å². The summed E-state index contributed by atoms with van der Waals surface area (Å²) in [6.45, 7) is 4.21. The molecule has 25 heavy (non-hydrogen) atoms. The van der Waals surface area contributed by atoms with Crippen molar-refractivity contribution in [2.24, 2.45) is 5.92 Å². The first-order chi connectivity index (χ1) is 11.9. The Labute approximate surface area is 151 Å². The first-order valence-corrected chi connectivity index (χ1v) is 10.4. The van der Waals surface area contributed by atoms with Crippen LogP contribution < -0.4 is 10.0 Å². The number of hydrogen-bond acceptors (Lipinski definition) is 3. The Kier molecular flexibility index (Phi) is 7.20. The zero-order valence-corrected chi connectivity index (χ0v) is 15.8. The summed E-state index contributed by atoms with van der Waals surface area (Å²) in [6.07, 6.45) is 7.77. The number of benzene rings is 1. The maximum absolute atomic E-state index is 12.5. The number of rotatable bonds is 8. The molecule has 0 saturated heterocycles. The van der Waals surface area contributed by atoms with Gasteiger partial charge in [0.05, 0.1) is 4.90 Å². The van der Waals surface area contributed by atoms with Crippen LogP contribution >= 0.6 is 0 Å². The Hall–Kier alpha value is -1.66. The van der Waals surface area contributed by atoms with E-state index in [0.717, 1.165) is 19.3 Å². The fraction of sp³-hybridized carbons (Fsp3) is 0.526. The Morgan fingerprint density at radius 3 is 2.48 bits per heavy atom. The van der Waals surface area contributed by atoms with Gasteiger partial charge in [0.2, 0.25) is 15.9 Å². The van der Waals surface area contributed by atoms with Crippen molar-refractivity contribution in [3.63, 3.8) is 0 Å². The molecule has 1 amide bonds. The van der Waals surface area contributed by atoms with Crippen LogP contribution in [0.1, 0.15) is 46.0 Å². The van der Waals surface area contributed by atoms with Crippen LogP contribution in [0.3, 0.4) is 0 Å². The molecule has 0 fully saturated rings. The molecule has 1 unspecified atom stereocenters. The molecule has 0 saturated carbocycles. The van der Waals surface area contributed by atoms with Crippen molar-refractivity contribution >= 4 is 15.9 Å². The van der Waals surface area contributed by atoms with E-state index in [1.807, 2.05) is 13.8 Å². The summed E-state index contributed by atoms with van der Waals surface area (Å²) in [7, 11) is -3.72. The normalized spacial score (nSPS) is 16.4. The predicted molar refractivity (Wildman–Crippen MR) is 99.6 cm³/mol. The summed E-state index contributed by atoms with van der Waals surface area (Å²) >= 11 is 0. The van der Waals surface area contributed by atoms with Gasteiger partial charge in [0.25, 0.3) is 0 Å². The minimum Gasteiger partial charge on any atom is -0.354 e. The predicted octanol–water partition coefficient (Wildman–Crippen LogP) is 3.00. The van der Waals surface area contributed by atoms with Crippen LogP contribution in [0.2, 0.25) is 0 Å². The van der Waals surface area contributed by atoms with E-state index in [9.17, 15) is 13.2 Å². The Bertz CT molecular complexity index is 697. The fourth-order valence-corrected chi connectivity index (χ4v) is 4.28. The van der Waals surface area contributed by atoms with Crippen molar-refractivity contribution in [1.82, 2.24) is 10.0 Å². The zero-order valence-electron chi connectivity index (χ0n) is 15.0. The Morgan fingerprint density at radius 2 is 1.88 bits per heavy atom. The van der Waals surface area contributed by atoms with Gasteiger partial charge in [-0.25, -0.2) is 8.42 Å². The lowest BCUT2D eigenvalue weighted by Crippen LogP contribution is -2.49. The van der Waals surface area contributed by atoms with E-state index >= 15 is 0 Å². The van der Waals surface area contributed by atoms with Gasteiger partial charge in [-0.15, -0.1) is 0 Å². The number of carbonyl (C=O) groups is 1. The first-order valence-electron chi connectivity index (χ1n) is 8.93. The van der Waals surface area contributed by atoms with Crippen LogP contribution in [-0.2, 0) is 14.8 Å². The molecule has 0 bridgehead atoms. The topological polar surface area (TPSA) is 75.3 Å². The minimum atomic E-state index is -3.72. The average Bonchev–Trinajstić information content (AvgIpc) is 2.61. The van der Waals surface area contributed by atoms with Crippen LogP contribution in [0.15, 0.2) is 46.9 Å². The molecule has 138 valence electrons. The summed E-state index contributed by atoms with van der Waals surface area (Å²) in [5, 5.41) is 2.88. The Balaban J connectivity index is 1.95. The monoisotopic (exact) mass is 364 g/mol. The van der Waals surface area contributed by atoms with Gasteiger partial charge in [0, 0.05) is 6.54 Å². The summed E-state index contributed by atoms with van der Waals surface area (Å²) in [6, 6.07) is 7.34. The summed E-state index contributed by atoms with van der Waals surface area (Å²) in [4.78, 5) is 12.6. The van der Waals surface area contributed by atoms with Gasteiger partial charge in [-0.2, -0.15) is 4.72 Å². The van der Waals surface area contributed by atoms with Crippen molar-refractivity contribution in [2.75, 3.05) is 6.54 Å². The highest BCUT2D eigenvalue weighted by atomic mass is 32.2. The molecule has 0 heterocycles. The summed E-state index contributed by atoms with van der Waals surface area (Å²) in [5.74, 6) is -0.418. The van der Waals surface area contributed by atoms with Crippen molar-refractivity contribution in [3.8, 4) is 0 Å². The van der Waals surface area contributed by atoms with Crippen molar-refractivity contribution < 1.29 is 13.2 Å². The van der Waals surface area contributed by atoms with Gasteiger partial charge in [-0.3, -0.25) is 4.79 Å². The van der Waals surface area contributed by atoms with Gasteiger partial charge in [0.15, 0.2) is 0 Å². The number of hydrogen-bond donors (Lipinski definition) is 2. The molecular formula is C19H28N2O3S. The van der Waals surface area contributed by atoms with Crippen molar-refractivity contribution in [3.05, 3.63) is 42.0 Å². The molecule has 1 aromatic rings. The van der Waals surface area contributed by atoms with Crippen LogP contribution in [0.4, 0.5) is 0 Å². The first kappa shape index (κ1) is 19.7. The number of carbonyl (C=O) groups excluding carboxylic acids is 1. The van der Waals surface area contributed by atoms with E-state index in [4.69, 9.17) is 0 Å². The van der Waals surface area contributed by atoms with E-state index in [0.29, 0.717) is 6.54 Å². The molecule has 1 aliphatic carbocycles. The van der Waals surface area contributed by atoms with Crippen LogP contribution in [0, 0.1) is 5.92 Å². The molecule has 2 N–H and O–H groups in total. The molecule has 0 aliphatic heterocycles. The highest BCUT2D eigenvalue weighted by Crippen LogP contribution is 2.19. The molecule has 5 nitrogen and oxygen atoms in total. The molecule has 1 aromatic carbocycles. The highest BCUT2D eigenvalue weighted by molar-refractivity contribution is 7.89. The molecule has 1 aliphatic rings. The molecular weight excluding hydrogens is 336 g/mol. The lowest BCUT2D eigenvalue weighted by molar-refractivity contribution is -0.123. The standard InChI is InChI=1S/C19H28N2O3S/c1-15(2)18(21-25(23,24)17-11-7-4-8-12-17)19(22)20-14-13-16-9-5-3-6-10-16/h4,7-9,11-12,15,18,21H,3,5-6,10,13-14H2,1-2H3,(H,20,22). The molecule has 0 aromatic heterocycles. The molecule has 2 rings (SSSR count). The highest BCUT2D eigenvalue weighted by Gasteiger charge is 2.28. The van der Waals surface area contributed by atoms with E-state index in [1.54, 1.807) is 18.2 Å². The lowest BCUT2D eigenvalue weighted by atomic mass is 9.97. The zero-order chi connectivity index (χ0) is 18.3. The number of sulfonamides is 1. The third kappa shape index (κ3) is 5.97. The van der Waals surface area contributed by atoms with Gasteiger partial charge in [0.1, 0.15) is 6.04 Å². The van der Waals surface area contributed by atoms with Gasteiger partial charge in [-0.05, 0) is 50.2 Å². The summed E-state index contributed by atoms with van der Waals surface area (Å²) < 4.78 is 27.5. The third-order valence-corrected chi connectivity index (χ3v) is 5.87. The largest absolute Gasteiger partial charge is 0.354 e. The second-order valence-electron chi connectivity index (χ2n) is 6.81. The SMILES string of the molecule is CC(C)C(NS(=O)(=O)c1ccccc1)C(=O)NCCC1=CCCCC1. The van der Waals surface area contributed by atoms with Crippen LogP contribution in [0.25, 0.3) is 0 Å². The van der Waals surface area contributed by atoms with Crippen LogP contribution in [0.5, 0.6) is 0 Å². The quantitative estimate of drug-likeness (QED) is 0.696. The van der Waals surface area contributed by atoms with E-state index in [1.165, 1.54) is 30.5 Å². The van der Waals surface area contributed by atoms with E-state index < -0.39 is 16.1 Å². The van der Waals surface area contributed by atoms with Gasteiger partial charge in [-0.1, -0.05) is 43.7 Å². The smallest absolute Gasteiger partial charge is 0.241 e. The third-order valence-electron chi connectivity index (χ3n) is 4.42. The molecule has 6 heteroatoms. The summed E-state index contributed by atoms with van der Waals surface area (Å²) in [5.41, 5.74) is 1.39. The van der Waals surface area contributed by atoms with Crippen molar-refractivity contribution in [1.29, 1.82) is 0 Å². The van der Waals surface area contributed by atoms with Gasteiger partial charge >= 0.3 is 0 Å². The maximum atomic E-state index is 12.5. The minimum absolute atomic E-state index is 0.146. The number of amides is 1. The van der Waals surface area contributed by atoms with E-state index in [-0.39, 0.29) is 16.7 Å². The second kappa shape index (κ2) is 9.15. The Morgan fingerprint density at radius 1 is 1.16 bits per heavy atom. The maximum Gasteiger partial charge on any atom is 0.241 e.